The van der Waals surface area contributed by atoms with E-state index in [-0.39, 0.29) is 0 Å². The minimum Gasteiger partial charge on any atom is -0.314 e. The van der Waals surface area contributed by atoms with Crippen molar-refractivity contribution in [1.29, 1.82) is 0 Å². The number of hydrogen-bond donors (Lipinski definition) is 1. The van der Waals surface area contributed by atoms with E-state index in [9.17, 15) is 0 Å². The minimum atomic E-state index is 0.560. The number of hydrogen-bond acceptors (Lipinski definition) is 3. The average molecular weight is 249 g/mol. The topological polar surface area (TPSA) is 28.2 Å². The zero-order chi connectivity index (χ0) is 13.5. The number of nitrogens with zero attached hydrogens (tertiary/aromatic N) is 2. The third-order valence-electron chi connectivity index (χ3n) is 3.55. The highest BCUT2D eigenvalue weighted by molar-refractivity contribution is 5.09. The highest BCUT2D eigenvalue weighted by atomic mass is 15.1. The lowest BCUT2D eigenvalue weighted by molar-refractivity contribution is 0.187. The van der Waals surface area contributed by atoms with Crippen molar-refractivity contribution >= 4 is 0 Å². The highest BCUT2D eigenvalue weighted by Crippen LogP contribution is 2.12. The summed E-state index contributed by atoms with van der Waals surface area (Å²) in [5.74, 6) is 0.638. The predicted octanol–water partition coefficient (Wildman–Crippen LogP) is 2.54. The molecule has 0 amide bonds. The first-order chi connectivity index (χ1) is 8.50. The van der Waals surface area contributed by atoms with Gasteiger partial charge in [-0.05, 0) is 44.1 Å². The number of nitrogens with one attached hydrogen (secondary N) is 1. The maximum Gasteiger partial charge on any atom is 0.0271 e. The van der Waals surface area contributed by atoms with Gasteiger partial charge in [-0.25, -0.2) is 0 Å². The second kappa shape index (κ2) is 7.49. The van der Waals surface area contributed by atoms with Gasteiger partial charge in [-0.3, -0.25) is 9.88 Å². The van der Waals surface area contributed by atoms with Gasteiger partial charge in [0.25, 0.3) is 0 Å². The Morgan fingerprint density at radius 3 is 2.33 bits per heavy atom. The van der Waals surface area contributed by atoms with Gasteiger partial charge in [0.2, 0.25) is 0 Å². The zero-order valence-corrected chi connectivity index (χ0v) is 12.4. The summed E-state index contributed by atoms with van der Waals surface area (Å²) in [7, 11) is 2.19. The molecular weight excluding hydrogens is 222 g/mol. The molecule has 1 heterocycles. The Morgan fingerprint density at radius 2 is 1.78 bits per heavy atom. The third-order valence-corrected chi connectivity index (χ3v) is 3.55. The van der Waals surface area contributed by atoms with Crippen molar-refractivity contribution < 1.29 is 0 Å². The smallest absolute Gasteiger partial charge is 0.0271 e. The second-order valence-corrected chi connectivity index (χ2v) is 5.55. The Hall–Kier alpha value is -0.930. The van der Waals surface area contributed by atoms with Crippen LogP contribution in [0.5, 0.6) is 0 Å². The average Bonchev–Trinajstić information content (AvgIpc) is 2.36. The van der Waals surface area contributed by atoms with Crippen LogP contribution in [0.3, 0.4) is 0 Å². The number of rotatable bonds is 7. The Bertz CT molecular complexity index is 324. The van der Waals surface area contributed by atoms with Crippen molar-refractivity contribution in [2.24, 2.45) is 5.92 Å². The monoisotopic (exact) mass is 249 g/mol. The van der Waals surface area contributed by atoms with Crippen LogP contribution in [0, 0.1) is 5.92 Å². The van der Waals surface area contributed by atoms with Crippen molar-refractivity contribution in [1.82, 2.24) is 15.2 Å². The van der Waals surface area contributed by atoms with Gasteiger partial charge in [0.1, 0.15) is 0 Å². The van der Waals surface area contributed by atoms with E-state index in [4.69, 9.17) is 0 Å². The molecule has 0 aromatic carbocycles. The Balaban J connectivity index is 2.43. The molecule has 0 radical (unpaired) electrons. The molecule has 3 heteroatoms. The molecule has 102 valence electrons. The summed E-state index contributed by atoms with van der Waals surface area (Å²) in [6.45, 7) is 11.0. The molecule has 0 aliphatic carbocycles. The first kappa shape index (κ1) is 15.1. The van der Waals surface area contributed by atoms with Crippen LogP contribution in [0.25, 0.3) is 0 Å². The quantitative estimate of drug-likeness (QED) is 0.805. The van der Waals surface area contributed by atoms with Gasteiger partial charge < -0.3 is 5.32 Å². The molecular formula is C15H27N3. The zero-order valence-electron chi connectivity index (χ0n) is 12.4. The summed E-state index contributed by atoms with van der Waals surface area (Å²) in [5.41, 5.74) is 1.32. The third kappa shape index (κ3) is 5.15. The van der Waals surface area contributed by atoms with Crippen LogP contribution in [0.1, 0.15) is 33.3 Å². The maximum absolute atomic E-state index is 4.05. The lowest BCUT2D eigenvalue weighted by Crippen LogP contribution is -2.40. The van der Waals surface area contributed by atoms with Crippen LogP contribution in [-0.4, -0.2) is 35.6 Å². The van der Waals surface area contributed by atoms with E-state index in [2.05, 4.69) is 62.1 Å². The Kier molecular flexibility index (Phi) is 6.30. The van der Waals surface area contributed by atoms with Crippen molar-refractivity contribution in [3.8, 4) is 0 Å². The van der Waals surface area contributed by atoms with Gasteiger partial charge >= 0.3 is 0 Å². The van der Waals surface area contributed by atoms with Crippen LogP contribution in [0.4, 0.5) is 0 Å². The second-order valence-electron chi connectivity index (χ2n) is 5.55. The molecule has 0 bridgehead atoms. The molecule has 0 aliphatic heterocycles. The van der Waals surface area contributed by atoms with E-state index in [1.807, 2.05) is 12.4 Å². The normalized spacial score (nSPS) is 15.1. The van der Waals surface area contributed by atoms with Crippen molar-refractivity contribution in [3.05, 3.63) is 30.1 Å². The lowest BCUT2D eigenvalue weighted by atomic mass is 10.0. The molecule has 1 aromatic rings. The SMILES string of the molecule is CC(C)NCC(C)C(C)N(C)Cc1ccncc1. The van der Waals surface area contributed by atoms with Crippen LogP contribution < -0.4 is 5.32 Å². The van der Waals surface area contributed by atoms with Gasteiger partial charge in [-0.1, -0.05) is 20.8 Å². The van der Waals surface area contributed by atoms with Crippen LogP contribution in [-0.2, 0) is 6.54 Å². The van der Waals surface area contributed by atoms with Crippen molar-refractivity contribution in [3.63, 3.8) is 0 Å². The van der Waals surface area contributed by atoms with Gasteiger partial charge in [-0.2, -0.15) is 0 Å². The van der Waals surface area contributed by atoms with E-state index in [0.717, 1.165) is 13.1 Å². The molecule has 0 aliphatic rings. The fourth-order valence-electron chi connectivity index (χ4n) is 1.95. The van der Waals surface area contributed by atoms with E-state index in [0.29, 0.717) is 18.0 Å². The maximum atomic E-state index is 4.05. The summed E-state index contributed by atoms with van der Waals surface area (Å²) in [4.78, 5) is 6.46. The van der Waals surface area contributed by atoms with Gasteiger partial charge in [0, 0.05) is 31.0 Å². The van der Waals surface area contributed by atoms with Crippen LogP contribution in [0.2, 0.25) is 0 Å². The fourth-order valence-corrected chi connectivity index (χ4v) is 1.95. The molecule has 2 unspecified atom stereocenters. The molecule has 18 heavy (non-hydrogen) atoms. The van der Waals surface area contributed by atoms with E-state index >= 15 is 0 Å². The summed E-state index contributed by atoms with van der Waals surface area (Å²) in [6, 6.07) is 5.29. The Labute approximate surface area is 112 Å². The summed E-state index contributed by atoms with van der Waals surface area (Å²) < 4.78 is 0. The standard InChI is InChI=1S/C15H27N3/c1-12(2)17-10-13(3)14(4)18(5)11-15-6-8-16-9-7-15/h6-9,12-14,17H,10-11H2,1-5H3. The van der Waals surface area contributed by atoms with Crippen LogP contribution >= 0.6 is 0 Å². The molecule has 1 N–H and O–H groups in total. The molecule has 2 atom stereocenters. The van der Waals surface area contributed by atoms with Gasteiger partial charge in [0.15, 0.2) is 0 Å². The fraction of sp³-hybridized carbons (Fsp3) is 0.667. The molecule has 0 fully saturated rings. The molecule has 0 spiro atoms. The predicted molar refractivity (Wildman–Crippen MR) is 77.5 cm³/mol. The Morgan fingerprint density at radius 1 is 1.17 bits per heavy atom. The van der Waals surface area contributed by atoms with E-state index in [1.165, 1.54) is 5.56 Å². The molecule has 3 nitrogen and oxygen atoms in total. The molecule has 0 saturated carbocycles. The number of pyridine rings is 1. The van der Waals surface area contributed by atoms with Crippen molar-refractivity contribution in [2.45, 2.75) is 46.3 Å². The molecule has 1 rings (SSSR count). The summed E-state index contributed by atoms with van der Waals surface area (Å²) in [5, 5.41) is 3.51. The van der Waals surface area contributed by atoms with Crippen molar-refractivity contribution in [2.75, 3.05) is 13.6 Å². The molecule has 1 aromatic heterocycles. The largest absolute Gasteiger partial charge is 0.314 e. The first-order valence-electron chi connectivity index (χ1n) is 6.83. The summed E-state index contributed by atoms with van der Waals surface area (Å²) >= 11 is 0. The first-order valence-corrected chi connectivity index (χ1v) is 6.83. The molecule has 0 saturated heterocycles. The van der Waals surface area contributed by atoms with E-state index < -0.39 is 0 Å². The number of aromatic nitrogens is 1. The van der Waals surface area contributed by atoms with Gasteiger partial charge in [-0.15, -0.1) is 0 Å². The minimum absolute atomic E-state index is 0.560. The summed E-state index contributed by atoms with van der Waals surface area (Å²) in [6.07, 6.45) is 3.72. The van der Waals surface area contributed by atoms with Crippen LogP contribution in [0.15, 0.2) is 24.5 Å². The lowest BCUT2D eigenvalue weighted by Gasteiger charge is -2.30. The van der Waals surface area contributed by atoms with E-state index in [1.54, 1.807) is 0 Å². The highest BCUT2D eigenvalue weighted by Gasteiger charge is 2.17. The van der Waals surface area contributed by atoms with Gasteiger partial charge in [0.05, 0.1) is 0 Å².